The Balaban J connectivity index is 2.26. The van der Waals surface area contributed by atoms with Crippen molar-refractivity contribution in [2.75, 3.05) is 10.0 Å². The van der Waals surface area contributed by atoms with Gasteiger partial charge in [0.05, 0.1) is 11.4 Å². The van der Waals surface area contributed by atoms with E-state index < -0.39 is 12.1 Å². The van der Waals surface area contributed by atoms with Crippen molar-refractivity contribution >= 4 is 35.1 Å². The van der Waals surface area contributed by atoms with Gasteiger partial charge in [-0.2, -0.15) is 5.11 Å². The van der Waals surface area contributed by atoms with Gasteiger partial charge >= 0.3 is 12.1 Å². The van der Waals surface area contributed by atoms with Gasteiger partial charge < -0.3 is 11.5 Å². The highest BCUT2D eigenvalue weighted by Gasteiger charge is 2.29. The summed E-state index contributed by atoms with van der Waals surface area (Å²) in [7, 11) is 0. The van der Waals surface area contributed by atoms with E-state index in [0.717, 1.165) is 0 Å². The van der Waals surface area contributed by atoms with E-state index in [1.165, 1.54) is 4.68 Å². The summed E-state index contributed by atoms with van der Waals surface area (Å²) >= 11 is 0. The zero-order valence-electron chi connectivity index (χ0n) is 15.0. The average molecular weight is 393 g/mol. The van der Waals surface area contributed by atoms with Gasteiger partial charge in [0.25, 0.3) is 0 Å². The predicted molar refractivity (Wildman–Crippen MR) is 106 cm³/mol. The molecule has 3 rings (SSSR count). The number of amides is 4. The molecule has 0 aliphatic carbocycles. The molecule has 1 heterocycles. The van der Waals surface area contributed by atoms with Crippen LogP contribution in [-0.2, 0) is 0 Å². The zero-order chi connectivity index (χ0) is 21.0. The Kier molecular flexibility index (Phi) is 5.48. The monoisotopic (exact) mass is 393 g/mol. The molecule has 1 radical (unpaired) electrons. The van der Waals surface area contributed by atoms with Crippen LogP contribution in [0.1, 0.15) is 0 Å². The van der Waals surface area contributed by atoms with Gasteiger partial charge in [0.1, 0.15) is 0 Å². The highest BCUT2D eigenvalue weighted by molar-refractivity contribution is 5.98. The van der Waals surface area contributed by atoms with Crippen LogP contribution in [0, 0.1) is 6.07 Å². The smallest absolute Gasteiger partial charge is 0.335 e. The first-order valence-electron chi connectivity index (χ1n) is 8.15. The number of carbonyl (C=O) groups excluding carboxylic acids is 2. The molecule has 0 fully saturated rings. The van der Waals surface area contributed by atoms with Crippen molar-refractivity contribution in [1.82, 2.24) is 9.78 Å². The van der Waals surface area contributed by atoms with E-state index in [0.29, 0.717) is 21.4 Å². The molecule has 0 saturated carbocycles. The van der Waals surface area contributed by atoms with E-state index >= 15 is 0 Å². The second-order valence-corrected chi connectivity index (χ2v) is 5.62. The van der Waals surface area contributed by atoms with Gasteiger partial charge in [0, 0.05) is 0 Å². The van der Waals surface area contributed by atoms with Crippen LogP contribution in [0.2, 0.25) is 0 Å². The topological polar surface area (TPSA) is 187 Å². The summed E-state index contributed by atoms with van der Waals surface area (Å²) in [4.78, 5) is 23.4. The van der Waals surface area contributed by atoms with Crippen molar-refractivity contribution in [2.24, 2.45) is 33.4 Å². The highest BCUT2D eigenvalue weighted by atomic mass is 16.2. The van der Waals surface area contributed by atoms with E-state index in [-0.39, 0.29) is 17.3 Å². The molecule has 0 aliphatic heterocycles. The number of anilines is 2. The minimum atomic E-state index is -1.01. The third-order valence-corrected chi connectivity index (χ3v) is 3.72. The van der Waals surface area contributed by atoms with Gasteiger partial charge in [-0.3, -0.25) is 0 Å². The number of nitrogens with two attached hydrogens (primary N) is 4. The molecule has 8 N–H and O–H groups in total. The maximum atomic E-state index is 11.8. The SMILES string of the molecule is NC(=O)N(N)c1nn(-c2cc[c]cc2)c(N(N)C(N)=O)c1N=Nc1ccccc1. The normalized spacial score (nSPS) is 10.8. The van der Waals surface area contributed by atoms with Crippen molar-refractivity contribution in [2.45, 2.75) is 0 Å². The van der Waals surface area contributed by atoms with E-state index in [2.05, 4.69) is 21.4 Å². The molecule has 0 unspecified atom stereocenters. The number of benzene rings is 2. The molecule has 147 valence electrons. The number of nitrogens with zero attached hydrogens (tertiary/aromatic N) is 6. The lowest BCUT2D eigenvalue weighted by molar-refractivity contribution is 0.253. The third kappa shape index (κ3) is 4.02. The van der Waals surface area contributed by atoms with E-state index in [4.69, 9.17) is 23.2 Å². The Hall–Kier alpha value is -4.29. The number of urea groups is 2. The molecule has 29 heavy (non-hydrogen) atoms. The van der Waals surface area contributed by atoms with Gasteiger partial charge in [-0.05, 0) is 30.3 Å². The van der Waals surface area contributed by atoms with E-state index in [1.54, 1.807) is 48.5 Å². The molecule has 0 atom stereocenters. The molecule has 0 saturated heterocycles. The first kappa shape index (κ1) is 19.5. The molecule has 0 bridgehead atoms. The summed E-state index contributed by atoms with van der Waals surface area (Å²) < 4.78 is 1.23. The highest BCUT2D eigenvalue weighted by Crippen LogP contribution is 2.39. The molecule has 4 amide bonds. The van der Waals surface area contributed by atoms with Crippen LogP contribution in [0.4, 0.5) is 32.6 Å². The molecule has 12 heteroatoms. The van der Waals surface area contributed by atoms with E-state index in [1.807, 2.05) is 6.07 Å². The van der Waals surface area contributed by atoms with E-state index in [9.17, 15) is 9.59 Å². The van der Waals surface area contributed by atoms with Crippen molar-refractivity contribution in [1.29, 1.82) is 0 Å². The lowest BCUT2D eigenvalue weighted by Crippen LogP contribution is -2.43. The second kappa shape index (κ2) is 8.16. The van der Waals surface area contributed by atoms with Crippen molar-refractivity contribution in [3.05, 3.63) is 60.7 Å². The standard InChI is InChI=1S/C17H17N10O2/c18-16(28)25(20)14-13(23-22-11-7-3-1-4-8-11)15(26(21)17(19)29)27(24-14)12-9-5-2-6-10-12/h1,3-10H,20-21H2,(H2,18,28)(H2,19,29). The largest absolute Gasteiger partial charge is 0.350 e. The first-order valence-corrected chi connectivity index (χ1v) is 8.15. The van der Waals surface area contributed by atoms with Gasteiger partial charge in [-0.15, -0.1) is 10.2 Å². The lowest BCUT2D eigenvalue weighted by Gasteiger charge is -2.16. The number of azo groups is 1. The number of aromatic nitrogens is 2. The Morgan fingerprint density at radius 1 is 0.931 bits per heavy atom. The zero-order valence-corrected chi connectivity index (χ0v) is 15.0. The molecular formula is C17H17N10O2. The number of hydrogen-bond donors (Lipinski definition) is 4. The Bertz CT molecular complexity index is 1050. The fourth-order valence-electron chi connectivity index (χ4n) is 2.37. The molecule has 2 aromatic carbocycles. The summed E-state index contributed by atoms with van der Waals surface area (Å²) in [5, 5.41) is 13.6. The molecule has 3 aromatic rings. The van der Waals surface area contributed by atoms with Gasteiger partial charge in [-0.25, -0.2) is 36.0 Å². The van der Waals surface area contributed by atoms with Crippen LogP contribution in [-0.4, -0.2) is 21.8 Å². The molecule has 12 nitrogen and oxygen atoms in total. The number of primary amides is 2. The number of hydrazine groups is 2. The fourth-order valence-corrected chi connectivity index (χ4v) is 2.37. The molecule has 1 aromatic heterocycles. The predicted octanol–water partition coefficient (Wildman–Crippen LogP) is 1.61. The van der Waals surface area contributed by atoms with Crippen LogP contribution >= 0.6 is 0 Å². The minimum absolute atomic E-state index is 0.0740. The van der Waals surface area contributed by atoms with Crippen LogP contribution in [0.15, 0.2) is 64.8 Å². The number of carbonyl (C=O) groups is 2. The third-order valence-electron chi connectivity index (χ3n) is 3.72. The maximum Gasteiger partial charge on any atom is 0.335 e. The van der Waals surface area contributed by atoms with Gasteiger partial charge in [0.15, 0.2) is 11.5 Å². The molecular weight excluding hydrogens is 376 g/mol. The average Bonchev–Trinajstić information content (AvgIpc) is 3.11. The van der Waals surface area contributed by atoms with Crippen LogP contribution < -0.4 is 33.2 Å². The Morgan fingerprint density at radius 3 is 2.14 bits per heavy atom. The number of rotatable bonds is 5. The lowest BCUT2D eigenvalue weighted by atomic mass is 10.3. The summed E-state index contributed by atoms with van der Waals surface area (Å²) in [6.45, 7) is 0. The summed E-state index contributed by atoms with van der Waals surface area (Å²) in [6.07, 6.45) is 0. The molecule has 0 aliphatic rings. The van der Waals surface area contributed by atoms with Crippen LogP contribution in [0.25, 0.3) is 5.69 Å². The summed E-state index contributed by atoms with van der Waals surface area (Å²) in [5.74, 6) is 11.3. The second-order valence-electron chi connectivity index (χ2n) is 5.62. The summed E-state index contributed by atoms with van der Waals surface area (Å²) in [5.41, 5.74) is 11.5. The quantitative estimate of drug-likeness (QED) is 0.221. The first-order chi connectivity index (χ1) is 13.9. The van der Waals surface area contributed by atoms with Crippen LogP contribution in [0.5, 0.6) is 0 Å². The summed E-state index contributed by atoms with van der Waals surface area (Å²) in [6, 6.07) is 16.1. The Morgan fingerprint density at radius 2 is 1.55 bits per heavy atom. The van der Waals surface area contributed by atoms with Crippen molar-refractivity contribution in [3.63, 3.8) is 0 Å². The number of hydrogen-bond acceptors (Lipinski definition) is 7. The minimum Gasteiger partial charge on any atom is -0.350 e. The van der Waals surface area contributed by atoms with Gasteiger partial charge in [-0.1, -0.05) is 30.3 Å². The maximum absolute atomic E-state index is 11.8. The molecule has 0 spiro atoms. The fraction of sp³-hybridized carbons (Fsp3) is 0. The van der Waals surface area contributed by atoms with Crippen LogP contribution in [0.3, 0.4) is 0 Å². The van der Waals surface area contributed by atoms with Crippen molar-refractivity contribution in [3.8, 4) is 5.69 Å². The van der Waals surface area contributed by atoms with Crippen molar-refractivity contribution < 1.29 is 9.59 Å². The van der Waals surface area contributed by atoms with Gasteiger partial charge in [0.2, 0.25) is 5.82 Å². The Labute approximate surface area is 164 Å².